The molecule has 0 aliphatic rings. The summed E-state index contributed by atoms with van der Waals surface area (Å²) in [4.78, 5) is 29.1. The Morgan fingerprint density at radius 1 is 1.36 bits per heavy atom. The van der Waals surface area contributed by atoms with Crippen LogP contribution in [0.2, 0.25) is 0 Å². The van der Waals surface area contributed by atoms with E-state index >= 15 is 0 Å². The highest BCUT2D eigenvalue weighted by molar-refractivity contribution is 6.04. The van der Waals surface area contributed by atoms with Crippen molar-refractivity contribution < 1.29 is 9.21 Å². The molecule has 0 bridgehead atoms. The lowest BCUT2D eigenvalue weighted by molar-refractivity contribution is -0.121. The zero-order valence-corrected chi connectivity index (χ0v) is 15.9. The molecular weight excluding hydrogens is 360 g/mol. The van der Waals surface area contributed by atoms with Gasteiger partial charge in [0.05, 0.1) is 23.4 Å². The van der Waals surface area contributed by atoms with Crippen molar-refractivity contribution in [3.63, 3.8) is 0 Å². The highest BCUT2D eigenvalue weighted by Crippen LogP contribution is 2.29. The van der Waals surface area contributed by atoms with E-state index in [4.69, 9.17) is 4.42 Å². The molecule has 1 N–H and O–H groups in total. The maximum absolute atomic E-state index is 12.9. The van der Waals surface area contributed by atoms with Crippen LogP contribution in [0.25, 0.3) is 22.0 Å². The first kappa shape index (κ1) is 18.0. The Bertz CT molecular complexity index is 1180. The molecule has 4 aromatic rings. The molecule has 9 nitrogen and oxygen atoms in total. The minimum Gasteiger partial charge on any atom is -0.459 e. The average Bonchev–Trinajstić information content (AvgIpc) is 3.37. The van der Waals surface area contributed by atoms with Crippen molar-refractivity contribution in [1.82, 2.24) is 29.2 Å². The first-order chi connectivity index (χ1) is 13.6. The van der Waals surface area contributed by atoms with Crippen LogP contribution in [0.1, 0.15) is 19.1 Å². The van der Waals surface area contributed by atoms with E-state index in [-0.39, 0.29) is 18.0 Å². The van der Waals surface area contributed by atoms with E-state index in [0.29, 0.717) is 29.6 Å². The summed E-state index contributed by atoms with van der Waals surface area (Å²) in [5.41, 5.74) is 1.75. The number of furan rings is 1. The van der Waals surface area contributed by atoms with Crippen molar-refractivity contribution in [2.24, 2.45) is 0 Å². The molecule has 0 saturated heterocycles. The molecule has 1 amide bonds. The van der Waals surface area contributed by atoms with Gasteiger partial charge in [-0.2, -0.15) is 5.10 Å². The van der Waals surface area contributed by atoms with Gasteiger partial charge >= 0.3 is 0 Å². The third-order valence-corrected chi connectivity index (χ3v) is 4.74. The van der Waals surface area contributed by atoms with Crippen LogP contribution in [-0.4, -0.2) is 36.4 Å². The molecule has 0 saturated carbocycles. The summed E-state index contributed by atoms with van der Waals surface area (Å²) in [7, 11) is 0. The maximum Gasteiger partial charge on any atom is 0.291 e. The summed E-state index contributed by atoms with van der Waals surface area (Å²) in [6.07, 6.45) is 7.71. The van der Waals surface area contributed by atoms with Crippen molar-refractivity contribution in [3.05, 3.63) is 47.1 Å². The van der Waals surface area contributed by atoms with E-state index in [2.05, 4.69) is 15.4 Å². The van der Waals surface area contributed by atoms with Crippen molar-refractivity contribution in [1.29, 1.82) is 0 Å². The van der Waals surface area contributed by atoms with Crippen molar-refractivity contribution >= 4 is 27.9 Å². The summed E-state index contributed by atoms with van der Waals surface area (Å²) in [5, 5.41) is 7.68. The van der Waals surface area contributed by atoms with Crippen molar-refractivity contribution in [3.8, 4) is 0 Å². The van der Waals surface area contributed by atoms with Crippen LogP contribution >= 0.6 is 0 Å². The Kier molecular flexibility index (Phi) is 4.72. The fraction of sp³-hybridized carbons (Fsp3) is 0.368. The van der Waals surface area contributed by atoms with Crippen LogP contribution in [0, 0.1) is 6.92 Å². The summed E-state index contributed by atoms with van der Waals surface area (Å²) in [6.45, 7) is 5.64. The van der Waals surface area contributed by atoms with Crippen LogP contribution in [0.15, 0.2) is 40.2 Å². The summed E-state index contributed by atoms with van der Waals surface area (Å²) < 4.78 is 10.8. The quantitative estimate of drug-likeness (QED) is 0.490. The molecule has 4 heterocycles. The molecule has 0 radical (unpaired) electrons. The average molecular weight is 382 g/mol. The monoisotopic (exact) mass is 382 g/mol. The maximum atomic E-state index is 12.9. The van der Waals surface area contributed by atoms with Gasteiger partial charge in [0, 0.05) is 38.1 Å². The number of nitrogens with zero attached hydrogens (tertiary/aromatic N) is 5. The van der Waals surface area contributed by atoms with Gasteiger partial charge < -0.3 is 18.9 Å². The molecular formula is C19H22N6O3. The molecule has 0 fully saturated rings. The fourth-order valence-electron chi connectivity index (χ4n) is 3.46. The van der Waals surface area contributed by atoms with Gasteiger partial charge in [0.15, 0.2) is 5.58 Å². The molecule has 146 valence electrons. The highest BCUT2D eigenvalue weighted by atomic mass is 16.3. The second kappa shape index (κ2) is 7.34. The summed E-state index contributed by atoms with van der Waals surface area (Å²) in [6, 6.07) is 1.91. The van der Waals surface area contributed by atoms with Crippen LogP contribution in [0.4, 0.5) is 0 Å². The number of hydrogen-bond acceptors (Lipinski definition) is 5. The number of imidazole rings is 1. The summed E-state index contributed by atoms with van der Waals surface area (Å²) in [5.74, 6) is 0.544. The van der Waals surface area contributed by atoms with Gasteiger partial charge in [-0.1, -0.05) is 0 Å². The predicted octanol–water partition coefficient (Wildman–Crippen LogP) is 1.68. The number of hydrogen-bond donors (Lipinski definition) is 1. The molecule has 4 aromatic heterocycles. The Balaban J connectivity index is 1.50. The van der Waals surface area contributed by atoms with Gasteiger partial charge in [-0.15, -0.1) is 0 Å². The van der Waals surface area contributed by atoms with E-state index < -0.39 is 0 Å². The number of rotatable bonds is 7. The Morgan fingerprint density at radius 3 is 2.96 bits per heavy atom. The van der Waals surface area contributed by atoms with Gasteiger partial charge in [-0.25, -0.2) is 9.67 Å². The highest BCUT2D eigenvalue weighted by Gasteiger charge is 2.19. The van der Waals surface area contributed by atoms with Gasteiger partial charge in [0.2, 0.25) is 5.91 Å². The Hall–Kier alpha value is -3.36. The minimum absolute atomic E-state index is 0.116. The predicted molar refractivity (Wildman–Crippen MR) is 104 cm³/mol. The number of amides is 1. The topological polar surface area (TPSA) is 99.9 Å². The second-order valence-electron chi connectivity index (χ2n) is 6.69. The molecule has 0 atom stereocenters. The first-order valence-electron chi connectivity index (χ1n) is 9.29. The van der Waals surface area contributed by atoms with Crippen LogP contribution in [0.3, 0.4) is 0 Å². The standard InChI is InChI=1S/C19H22N6O3/c1-3-24-15-9-13(2)28-18(15)14-10-22-25(19(27)17(14)24)11-16(26)21-5-4-7-23-8-6-20-12-23/h6,8-10,12H,3-5,7,11H2,1-2H3,(H,21,26). The first-order valence-corrected chi connectivity index (χ1v) is 9.29. The van der Waals surface area contributed by atoms with Crippen LogP contribution < -0.4 is 10.9 Å². The lowest BCUT2D eigenvalue weighted by Crippen LogP contribution is -2.34. The second-order valence-corrected chi connectivity index (χ2v) is 6.69. The number of carbonyl (C=O) groups excluding carboxylic acids is 1. The Morgan fingerprint density at radius 2 is 2.21 bits per heavy atom. The third kappa shape index (κ3) is 3.19. The summed E-state index contributed by atoms with van der Waals surface area (Å²) >= 11 is 0. The number of aryl methyl sites for hydroxylation is 3. The fourth-order valence-corrected chi connectivity index (χ4v) is 3.46. The number of aromatic nitrogens is 5. The van der Waals surface area contributed by atoms with E-state index in [1.807, 2.05) is 35.2 Å². The minimum atomic E-state index is -0.294. The zero-order chi connectivity index (χ0) is 19.7. The van der Waals surface area contributed by atoms with Crippen molar-refractivity contribution in [2.75, 3.05) is 6.54 Å². The molecule has 0 spiro atoms. The van der Waals surface area contributed by atoms with Crippen molar-refractivity contribution in [2.45, 2.75) is 39.9 Å². The van der Waals surface area contributed by atoms with Gasteiger partial charge in [0.1, 0.15) is 17.8 Å². The molecule has 4 rings (SSSR count). The molecule has 0 unspecified atom stereocenters. The van der Waals surface area contributed by atoms with Crippen LogP contribution in [0.5, 0.6) is 0 Å². The molecule has 0 aliphatic heterocycles. The number of carbonyl (C=O) groups is 1. The molecule has 28 heavy (non-hydrogen) atoms. The van der Waals surface area contributed by atoms with Gasteiger partial charge in [-0.3, -0.25) is 9.59 Å². The van der Waals surface area contributed by atoms with E-state index in [1.165, 1.54) is 4.68 Å². The lowest BCUT2D eigenvalue weighted by atomic mass is 10.3. The van der Waals surface area contributed by atoms with E-state index in [9.17, 15) is 9.59 Å². The van der Waals surface area contributed by atoms with E-state index in [0.717, 1.165) is 24.2 Å². The molecule has 0 aromatic carbocycles. The SMILES string of the molecule is CCn1c2cc(C)oc2c2cnn(CC(=O)NCCCn3ccnc3)c(=O)c21. The Labute approximate surface area is 160 Å². The number of nitrogens with one attached hydrogen (secondary N) is 1. The third-order valence-electron chi connectivity index (χ3n) is 4.74. The largest absolute Gasteiger partial charge is 0.459 e. The van der Waals surface area contributed by atoms with Crippen LogP contribution in [-0.2, 0) is 24.4 Å². The normalized spacial score (nSPS) is 11.5. The van der Waals surface area contributed by atoms with Gasteiger partial charge in [0.25, 0.3) is 5.56 Å². The number of fused-ring (bicyclic) bond motifs is 3. The molecule has 9 heteroatoms. The van der Waals surface area contributed by atoms with E-state index in [1.54, 1.807) is 18.7 Å². The van der Waals surface area contributed by atoms with Gasteiger partial charge in [-0.05, 0) is 20.3 Å². The smallest absolute Gasteiger partial charge is 0.291 e. The lowest BCUT2D eigenvalue weighted by Gasteiger charge is -2.08. The zero-order valence-electron chi connectivity index (χ0n) is 15.9. The molecule has 0 aliphatic carbocycles.